The van der Waals surface area contributed by atoms with Crippen molar-refractivity contribution < 1.29 is 9.53 Å². The van der Waals surface area contributed by atoms with Crippen LogP contribution in [0.15, 0.2) is 18.2 Å². The lowest BCUT2D eigenvalue weighted by Gasteiger charge is -2.04. The molecule has 0 amide bonds. The predicted octanol–water partition coefficient (Wildman–Crippen LogP) is 2.78. The van der Waals surface area contributed by atoms with Gasteiger partial charge in [-0.15, -0.1) is 0 Å². The molecule has 3 nitrogen and oxygen atoms in total. The molecule has 0 aromatic heterocycles. The van der Waals surface area contributed by atoms with Crippen LogP contribution in [0.25, 0.3) is 0 Å². The number of hydrogen-bond acceptors (Lipinski definition) is 3. The van der Waals surface area contributed by atoms with Gasteiger partial charge in [0.15, 0.2) is 0 Å². The van der Waals surface area contributed by atoms with E-state index in [1.807, 2.05) is 26.8 Å². The summed E-state index contributed by atoms with van der Waals surface area (Å²) in [5.41, 5.74) is 7.73. The minimum Gasteiger partial charge on any atom is -0.462 e. The van der Waals surface area contributed by atoms with Crippen LogP contribution in [0.5, 0.6) is 0 Å². The van der Waals surface area contributed by atoms with Gasteiger partial charge >= 0.3 is 5.97 Å². The van der Waals surface area contributed by atoms with Gasteiger partial charge in [0.05, 0.1) is 12.2 Å². The van der Waals surface area contributed by atoms with Gasteiger partial charge in [0.25, 0.3) is 0 Å². The second-order valence-electron chi connectivity index (χ2n) is 2.79. The zero-order chi connectivity index (χ0) is 11.8. The largest absolute Gasteiger partial charge is 0.462 e. The molecule has 0 unspecified atom stereocenters. The number of benzene rings is 1. The van der Waals surface area contributed by atoms with Gasteiger partial charge in [-0.05, 0) is 31.5 Å². The van der Waals surface area contributed by atoms with Crippen molar-refractivity contribution in [3.05, 3.63) is 29.3 Å². The molecule has 84 valence electrons. The first-order chi connectivity index (χ1) is 7.15. The van der Waals surface area contributed by atoms with Gasteiger partial charge < -0.3 is 10.5 Å². The second kappa shape index (κ2) is 6.87. The van der Waals surface area contributed by atoms with Crippen LogP contribution in [-0.4, -0.2) is 12.6 Å². The molecule has 0 saturated heterocycles. The summed E-state index contributed by atoms with van der Waals surface area (Å²) >= 11 is 0. The third-order valence-electron chi connectivity index (χ3n) is 1.79. The molecule has 1 aromatic carbocycles. The maximum atomic E-state index is 11.2. The summed E-state index contributed by atoms with van der Waals surface area (Å²) in [6.45, 7) is 8.05. The quantitative estimate of drug-likeness (QED) is 0.602. The van der Waals surface area contributed by atoms with Crippen LogP contribution >= 0.6 is 0 Å². The van der Waals surface area contributed by atoms with E-state index in [0.717, 1.165) is 5.56 Å². The molecule has 0 fully saturated rings. The number of ether oxygens (including phenoxy) is 1. The second-order valence-corrected chi connectivity index (χ2v) is 2.79. The number of anilines is 1. The van der Waals surface area contributed by atoms with E-state index in [-0.39, 0.29) is 5.97 Å². The fraction of sp³-hybridized carbons (Fsp3) is 0.417. The summed E-state index contributed by atoms with van der Waals surface area (Å²) < 4.78 is 4.83. The zero-order valence-electron chi connectivity index (χ0n) is 9.83. The fourth-order valence-corrected chi connectivity index (χ4v) is 0.982. The lowest BCUT2D eigenvalue weighted by Crippen LogP contribution is -2.05. The molecule has 1 rings (SSSR count). The van der Waals surface area contributed by atoms with Crippen molar-refractivity contribution in [1.82, 2.24) is 0 Å². The molecule has 3 heteroatoms. The highest BCUT2D eigenvalue weighted by atomic mass is 16.5. The standard InChI is InChI=1S/C10H13NO2.C2H6/c1-3-13-10(12)8-5-4-7(2)9(11)6-8;1-2/h4-6H,3,11H2,1-2H3;1-2H3. The summed E-state index contributed by atoms with van der Waals surface area (Å²) in [4.78, 5) is 11.2. The molecule has 1 aromatic rings. The number of nitrogens with two attached hydrogens (primary N) is 1. The third kappa shape index (κ3) is 4.02. The Bertz CT molecular complexity index is 321. The lowest BCUT2D eigenvalue weighted by molar-refractivity contribution is 0.0526. The Balaban J connectivity index is 0.000000921. The van der Waals surface area contributed by atoms with E-state index in [1.165, 1.54) is 0 Å². The SMILES string of the molecule is CC.CCOC(=O)c1ccc(C)c(N)c1. The first kappa shape index (κ1) is 13.5. The maximum Gasteiger partial charge on any atom is 0.338 e. The Morgan fingerprint density at radius 3 is 2.47 bits per heavy atom. The van der Waals surface area contributed by atoms with E-state index < -0.39 is 0 Å². The van der Waals surface area contributed by atoms with Crippen molar-refractivity contribution >= 4 is 11.7 Å². The zero-order valence-corrected chi connectivity index (χ0v) is 9.83. The van der Waals surface area contributed by atoms with Gasteiger partial charge in [-0.1, -0.05) is 19.9 Å². The Labute approximate surface area is 91.2 Å². The molecule has 0 radical (unpaired) electrons. The smallest absolute Gasteiger partial charge is 0.338 e. The van der Waals surface area contributed by atoms with Gasteiger partial charge in [-0.2, -0.15) is 0 Å². The molecule has 2 N–H and O–H groups in total. The molecular formula is C12H19NO2. The van der Waals surface area contributed by atoms with E-state index in [0.29, 0.717) is 17.9 Å². The van der Waals surface area contributed by atoms with Crippen LogP contribution in [0.1, 0.15) is 36.7 Å². The number of hydrogen-bond donors (Lipinski definition) is 1. The lowest BCUT2D eigenvalue weighted by atomic mass is 10.1. The van der Waals surface area contributed by atoms with E-state index in [2.05, 4.69) is 0 Å². The van der Waals surface area contributed by atoms with Gasteiger partial charge in [-0.3, -0.25) is 0 Å². The summed E-state index contributed by atoms with van der Waals surface area (Å²) in [5.74, 6) is -0.325. The molecule has 15 heavy (non-hydrogen) atoms. The highest BCUT2D eigenvalue weighted by molar-refractivity contribution is 5.90. The van der Waals surface area contributed by atoms with Crippen LogP contribution in [0.3, 0.4) is 0 Å². The molecule has 0 atom stereocenters. The maximum absolute atomic E-state index is 11.2. The minimum atomic E-state index is -0.325. The average molecular weight is 209 g/mol. The molecule has 0 aliphatic carbocycles. The predicted molar refractivity (Wildman–Crippen MR) is 62.9 cm³/mol. The molecule has 0 aliphatic rings. The first-order valence-corrected chi connectivity index (χ1v) is 5.18. The highest BCUT2D eigenvalue weighted by Gasteiger charge is 2.06. The molecule has 0 bridgehead atoms. The van der Waals surface area contributed by atoms with Gasteiger partial charge in [-0.25, -0.2) is 4.79 Å². The van der Waals surface area contributed by atoms with Crippen molar-refractivity contribution in [3.63, 3.8) is 0 Å². The average Bonchev–Trinajstić information content (AvgIpc) is 2.25. The Kier molecular flexibility index (Phi) is 6.18. The molecular weight excluding hydrogens is 190 g/mol. The van der Waals surface area contributed by atoms with Crippen LogP contribution in [-0.2, 0) is 4.74 Å². The van der Waals surface area contributed by atoms with Gasteiger partial charge in [0.2, 0.25) is 0 Å². The van der Waals surface area contributed by atoms with Crippen LogP contribution < -0.4 is 5.73 Å². The van der Waals surface area contributed by atoms with Crippen molar-refractivity contribution in [1.29, 1.82) is 0 Å². The third-order valence-corrected chi connectivity index (χ3v) is 1.79. The topological polar surface area (TPSA) is 52.3 Å². The Hall–Kier alpha value is -1.51. The molecule has 0 saturated carbocycles. The molecule has 0 spiro atoms. The number of carbonyl (C=O) groups is 1. The first-order valence-electron chi connectivity index (χ1n) is 5.18. The van der Waals surface area contributed by atoms with Crippen LogP contribution in [0.2, 0.25) is 0 Å². The van der Waals surface area contributed by atoms with Gasteiger partial charge in [0, 0.05) is 5.69 Å². The molecule has 0 aliphatic heterocycles. The number of rotatable bonds is 2. The minimum absolute atomic E-state index is 0.325. The summed E-state index contributed by atoms with van der Waals surface area (Å²) in [7, 11) is 0. The molecule has 0 heterocycles. The van der Waals surface area contributed by atoms with Crippen LogP contribution in [0, 0.1) is 6.92 Å². The van der Waals surface area contributed by atoms with E-state index in [1.54, 1.807) is 19.1 Å². The number of nitrogen functional groups attached to an aromatic ring is 1. The highest BCUT2D eigenvalue weighted by Crippen LogP contribution is 2.13. The Morgan fingerprint density at radius 2 is 2.00 bits per heavy atom. The monoisotopic (exact) mass is 209 g/mol. The van der Waals surface area contributed by atoms with E-state index in [9.17, 15) is 4.79 Å². The summed E-state index contributed by atoms with van der Waals surface area (Å²) in [6.07, 6.45) is 0. The summed E-state index contributed by atoms with van der Waals surface area (Å²) in [6, 6.07) is 5.15. The van der Waals surface area contributed by atoms with Crippen molar-refractivity contribution in [2.45, 2.75) is 27.7 Å². The number of carbonyl (C=O) groups excluding carboxylic acids is 1. The van der Waals surface area contributed by atoms with E-state index in [4.69, 9.17) is 10.5 Å². The van der Waals surface area contributed by atoms with Crippen molar-refractivity contribution in [2.75, 3.05) is 12.3 Å². The van der Waals surface area contributed by atoms with Crippen molar-refractivity contribution in [2.24, 2.45) is 0 Å². The van der Waals surface area contributed by atoms with Gasteiger partial charge in [0.1, 0.15) is 0 Å². The Morgan fingerprint density at radius 1 is 1.40 bits per heavy atom. The number of aryl methyl sites for hydroxylation is 1. The van der Waals surface area contributed by atoms with Crippen LogP contribution in [0.4, 0.5) is 5.69 Å². The normalized spacial score (nSPS) is 8.80. The number of esters is 1. The fourth-order valence-electron chi connectivity index (χ4n) is 0.982. The van der Waals surface area contributed by atoms with Crippen molar-refractivity contribution in [3.8, 4) is 0 Å². The van der Waals surface area contributed by atoms with E-state index >= 15 is 0 Å². The summed E-state index contributed by atoms with van der Waals surface area (Å²) in [5, 5.41) is 0.